The number of nitrogens with one attached hydrogen (secondary N) is 1. The molecule has 2 rings (SSSR count). The summed E-state index contributed by atoms with van der Waals surface area (Å²) in [5.41, 5.74) is 0.480. The van der Waals surface area contributed by atoms with E-state index in [0.29, 0.717) is 5.69 Å². The van der Waals surface area contributed by atoms with Gasteiger partial charge in [-0.3, -0.25) is 9.59 Å². The van der Waals surface area contributed by atoms with Gasteiger partial charge in [0, 0.05) is 0 Å². The van der Waals surface area contributed by atoms with Crippen molar-refractivity contribution >= 4 is 11.9 Å². The van der Waals surface area contributed by atoms with Crippen LogP contribution < -0.4 is 5.32 Å². The van der Waals surface area contributed by atoms with Crippen molar-refractivity contribution in [3.63, 3.8) is 0 Å². The predicted octanol–water partition coefficient (Wildman–Crippen LogP) is -1.73. The average Bonchev–Trinajstić information content (AvgIpc) is 2.97. The smallest absolute Gasteiger partial charge is 0.325 e. The summed E-state index contributed by atoms with van der Waals surface area (Å²) in [6, 6.07) is 0. The molecule has 0 aromatic carbocycles. The highest BCUT2D eigenvalue weighted by atomic mass is 16.4. The molecular weight excluding hydrogens is 254 g/mol. The van der Waals surface area contributed by atoms with E-state index in [4.69, 9.17) is 5.11 Å². The fourth-order valence-corrected chi connectivity index (χ4v) is 1.34. The van der Waals surface area contributed by atoms with Gasteiger partial charge in [-0.2, -0.15) is 5.10 Å². The first kappa shape index (κ1) is 12.7. The number of rotatable bonds is 6. The first-order valence-electron chi connectivity index (χ1n) is 5.33. The quantitative estimate of drug-likeness (QED) is 0.635. The van der Waals surface area contributed by atoms with Gasteiger partial charge in [0.2, 0.25) is 5.91 Å². The van der Waals surface area contributed by atoms with Gasteiger partial charge in [-0.1, -0.05) is 5.21 Å². The number of nitrogens with zero attached hydrogens (tertiary/aromatic N) is 6. The molecule has 0 fully saturated rings. The van der Waals surface area contributed by atoms with Crippen LogP contribution in [0.5, 0.6) is 0 Å². The minimum Gasteiger partial charge on any atom is -0.480 e. The maximum Gasteiger partial charge on any atom is 0.325 e. The minimum absolute atomic E-state index is 0.0588. The minimum atomic E-state index is -1.01. The number of hydrogen-bond acceptors (Lipinski definition) is 6. The molecule has 0 bridgehead atoms. The Hall–Kier alpha value is -2.78. The third kappa shape index (κ3) is 3.87. The lowest BCUT2D eigenvalue weighted by atomic mass is 10.4. The van der Waals surface area contributed by atoms with Crippen molar-refractivity contribution in [1.29, 1.82) is 0 Å². The molecule has 10 nitrogen and oxygen atoms in total. The van der Waals surface area contributed by atoms with Crippen molar-refractivity contribution in [3.8, 4) is 0 Å². The van der Waals surface area contributed by atoms with Crippen molar-refractivity contribution in [2.24, 2.45) is 0 Å². The molecule has 2 aromatic rings. The van der Waals surface area contributed by atoms with Crippen molar-refractivity contribution in [1.82, 2.24) is 35.1 Å². The zero-order valence-electron chi connectivity index (χ0n) is 9.80. The second-order valence-corrected chi connectivity index (χ2v) is 3.67. The molecule has 0 aliphatic carbocycles. The van der Waals surface area contributed by atoms with Crippen LogP contribution in [0.25, 0.3) is 0 Å². The third-order valence-corrected chi connectivity index (χ3v) is 2.12. The van der Waals surface area contributed by atoms with Crippen LogP contribution in [0, 0.1) is 0 Å². The molecule has 0 spiro atoms. The second kappa shape index (κ2) is 5.71. The lowest BCUT2D eigenvalue weighted by Crippen LogP contribution is -2.27. The van der Waals surface area contributed by atoms with Crippen LogP contribution in [-0.4, -0.2) is 46.7 Å². The normalized spacial score (nSPS) is 10.3. The summed E-state index contributed by atoms with van der Waals surface area (Å²) in [5.74, 6) is -1.26. The fourth-order valence-electron chi connectivity index (χ4n) is 1.34. The van der Waals surface area contributed by atoms with Gasteiger partial charge < -0.3 is 10.4 Å². The molecule has 0 aliphatic rings. The average molecular weight is 265 g/mol. The van der Waals surface area contributed by atoms with Crippen LogP contribution in [0.2, 0.25) is 0 Å². The van der Waals surface area contributed by atoms with E-state index >= 15 is 0 Å². The Morgan fingerprint density at radius 3 is 2.84 bits per heavy atom. The molecular formula is C9H11N7O3. The van der Waals surface area contributed by atoms with Crippen molar-refractivity contribution in [2.45, 2.75) is 19.6 Å². The molecule has 0 unspecified atom stereocenters. The van der Waals surface area contributed by atoms with E-state index in [1.165, 1.54) is 28.2 Å². The summed E-state index contributed by atoms with van der Waals surface area (Å²) < 4.78 is 2.57. The highest BCUT2D eigenvalue weighted by Gasteiger charge is 2.07. The van der Waals surface area contributed by atoms with Gasteiger partial charge in [0.25, 0.3) is 0 Å². The SMILES string of the molecule is O=C(O)Cn1cc(CNC(=O)Cn2cncn2)nn1. The predicted molar refractivity (Wildman–Crippen MR) is 59.5 cm³/mol. The summed E-state index contributed by atoms with van der Waals surface area (Å²) in [7, 11) is 0. The molecule has 0 aliphatic heterocycles. The fraction of sp³-hybridized carbons (Fsp3) is 0.333. The van der Waals surface area contributed by atoms with Gasteiger partial charge >= 0.3 is 5.97 Å². The zero-order chi connectivity index (χ0) is 13.7. The van der Waals surface area contributed by atoms with Crippen molar-refractivity contribution in [3.05, 3.63) is 24.5 Å². The maximum absolute atomic E-state index is 11.5. The molecule has 2 aromatic heterocycles. The first-order chi connectivity index (χ1) is 9.13. The van der Waals surface area contributed by atoms with Crippen molar-refractivity contribution in [2.75, 3.05) is 0 Å². The molecule has 2 heterocycles. The van der Waals surface area contributed by atoms with E-state index in [2.05, 4.69) is 25.7 Å². The number of carboxylic acid groups (broad SMARTS) is 1. The van der Waals surface area contributed by atoms with Crippen LogP contribution >= 0.6 is 0 Å². The van der Waals surface area contributed by atoms with Gasteiger partial charge in [-0.25, -0.2) is 14.3 Å². The zero-order valence-corrected chi connectivity index (χ0v) is 9.80. The Bertz CT molecular complexity index is 562. The Morgan fingerprint density at radius 1 is 1.32 bits per heavy atom. The number of carbonyl (C=O) groups is 2. The Morgan fingerprint density at radius 2 is 2.16 bits per heavy atom. The van der Waals surface area contributed by atoms with E-state index < -0.39 is 5.97 Å². The molecule has 1 amide bonds. The number of carboxylic acids is 1. The van der Waals surface area contributed by atoms with Crippen LogP contribution in [0.3, 0.4) is 0 Å². The van der Waals surface area contributed by atoms with E-state index in [1.807, 2.05) is 0 Å². The van der Waals surface area contributed by atoms with Gasteiger partial charge in [-0.15, -0.1) is 5.10 Å². The lowest BCUT2D eigenvalue weighted by Gasteiger charge is -2.02. The largest absolute Gasteiger partial charge is 0.480 e. The summed E-state index contributed by atoms with van der Waals surface area (Å²) in [6.45, 7) is -0.0314. The Kier molecular flexibility index (Phi) is 3.81. The molecule has 10 heteroatoms. The summed E-state index contributed by atoms with van der Waals surface area (Å²) in [4.78, 5) is 25.7. The van der Waals surface area contributed by atoms with Crippen molar-refractivity contribution < 1.29 is 14.7 Å². The molecule has 0 radical (unpaired) electrons. The topological polar surface area (TPSA) is 128 Å². The highest BCUT2D eigenvalue weighted by Crippen LogP contribution is 1.93. The summed E-state index contributed by atoms with van der Waals surface area (Å²) in [6.07, 6.45) is 4.23. The highest BCUT2D eigenvalue weighted by molar-refractivity contribution is 5.75. The molecule has 0 saturated heterocycles. The van der Waals surface area contributed by atoms with Crippen LogP contribution in [0.4, 0.5) is 0 Å². The van der Waals surface area contributed by atoms with E-state index in [9.17, 15) is 9.59 Å². The molecule has 0 atom stereocenters. The van der Waals surface area contributed by atoms with Crippen LogP contribution in [0.1, 0.15) is 5.69 Å². The van der Waals surface area contributed by atoms with Gasteiger partial charge in [0.15, 0.2) is 0 Å². The summed E-state index contributed by atoms with van der Waals surface area (Å²) in [5, 5.41) is 22.3. The summed E-state index contributed by atoms with van der Waals surface area (Å²) >= 11 is 0. The second-order valence-electron chi connectivity index (χ2n) is 3.67. The first-order valence-corrected chi connectivity index (χ1v) is 5.33. The molecule has 100 valence electrons. The van der Waals surface area contributed by atoms with E-state index in [0.717, 1.165) is 0 Å². The van der Waals surface area contributed by atoms with Crippen LogP contribution in [0.15, 0.2) is 18.9 Å². The number of amides is 1. The Labute approximate surface area is 107 Å². The van der Waals surface area contributed by atoms with Crippen LogP contribution in [-0.2, 0) is 29.2 Å². The standard InChI is InChI=1S/C9H11N7O3/c17-8(3-16-6-10-5-12-16)11-1-7-2-15(14-13-7)4-9(18)19/h2,5-6H,1,3-4H2,(H,11,17)(H,18,19). The number of carbonyl (C=O) groups excluding carboxylic acids is 1. The number of hydrogen-bond donors (Lipinski definition) is 2. The lowest BCUT2D eigenvalue weighted by molar-refractivity contribution is -0.138. The van der Waals surface area contributed by atoms with Gasteiger partial charge in [-0.05, 0) is 0 Å². The van der Waals surface area contributed by atoms with Gasteiger partial charge in [0.05, 0.1) is 12.7 Å². The molecule has 19 heavy (non-hydrogen) atoms. The third-order valence-electron chi connectivity index (χ3n) is 2.12. The van der Waals surface area contributed by atoms with E-state index in [1.54, 1.807) is 0 Å². The van der Waals surface area contributed by atoms with Gasteiger partial charge in [0.1, 0.15) is 31.4 Å². The molecule has 0 saturated carbocycles. The number of aromatic nitrogens is 6. The molecule has 2 N–H and O–H groups in total. The van der Waals surface area contributed by atoms with E-state index in [-0.39, 0.29) is 25.5 Å². The Balaban J connectivity index is 1.80. The number of aliphatic carboxylic acids is 1. The maximum atomic E-state index is 11.5. The monoisotopic (exact) mass is 265 g/mol.